The lowest BCUT2D eigenvalue weighted by molar-refractivity contribution is -0.386. The van der Waals surface area contributed by atoms with Crippen LogP contribution in [0.4, 0.5) is 15.8 Å². The Balaban J connectivity index is 2.04. The van der Waals surface area contributed by atoms with Gasteiger partial charge in [-0.05, 0) is 32.0 Å². The van der Waals surface area contributed by atoms with Gasteiger partial charge in [-0.15, -0.1) is 0 Å². The zero-order chi connectivity index (χ0) is 17.1. The molecule has 122 valence electrons. The third-order valence-corrected chi connectivity index (χ3v) is 3.51. The van der Waals surface area contributed by atoms with Crippen molar-refractivity contribution >= 4 is 28.9 Å². The van der Waals surface area contributed by atoms with E-state index in [-0.39, 0.29) is 30.0 Å². The molecule has 2 rings (SSSR count). The van der Waals surface area contributed by atoms with Gasteiger partial charge >= 0.3 is 5.69 Å². The maximum atomic E-state index is 13.5. The summed E-state index contributed by atoms with van der Waals surface area (Å²) in [7, 11) is 0. The highest BCUT2D eigenvalue weighted by atomic mass is 35.5. The maximum Gasteiger partial charge on any atom is 0.312 e. The Labute approximate surface area is 136 Å². The van der Waals surface area contributed by atoms with Crippen molar-refractivity contribution in [1.29, 1.82) is 0 Å². The van der Waals surface area contributed by atoms with Crippen LogP contribution in [0.2, 0.25) is 5.02 Å². The molecule has 0 atom stereocenters. The number of amides is 1. The molecule has 0 spiro atoms. The average molecular weight is 341 g/mol. The Morgan fingerprint density at radius 3 is 2.78 bits per heavy atom. The second-order valence-electron chi connectivity index (χ2n) is 4.92. The van der Waals surface area contributed by atoms with Gasteiger partial charge in [0.2, 0.25) is 5.91 Å². The van der Waals surface area contributed by atoms with E-state index in [1.807, 2.05) is 0 Å². The minimum absolute atomic E-state index is 0.00886. The van der Waals surface area contributed by atoms with Crippen LogP contribution in [0.5, 0.6) is 0 Å². The van der Waals surface area contributed by atoms with Crippen LogP contribution in [0, 0.1) is 29.8 Å². The van der Waals surface area contributed by atoms with E-state index in [9.17, 15) is 19.3 Å². The summed E-state index contributed by atoms with van der Waals surface area (Å²) in [6.45, 7) is 3.24. The number of hydrogen-bond acceptors (Lipinski definition) is 4. The van der Waals surface area contributed by atoms with Crippen molar-refractivity contribution in [3.05, 3.63) is 50.5 Å². The molecule has 7 nitrogen and oxygen atoms in total. The van der Waals surface area contributed by atoms with Crippen molar-refractivity contribution in [2.45, 2.75) is 26.8 Å². The summed E-state index contributed by atoms with van der Waals surface area (Å²) >= 11 is 5.75. The van der Waals surface area contributed by atoms with Gasteiger partial charge in [0.1, 0.15) is 17.2 Å². The van der Waals surface area contributed by atoms with Crippen molar-refractivity contribution in [3.8, 4) is 0 Å². The van der Waals surface area contributed by atoms with E-state index in [4.69, 9.17) is 11.6 Å². The Bertz CT molecular complexity index is 776. The number of nitro groups is 1. The lowest BCUT2D eigenvalue weighted by atomic mass is 10.3. The van der Waals surface area contributed by atoms with Crippen LogP contribution < -0.4 is 5.32 Å². The second kappa shape index (κ2) is 6.74. The molecule has 0 fully saturated rings. The van der Waals surface area contributed by atoms with E-state index in [2.05, 4.69) is 10.4 Å². The van der Waals surface area contributed by atoms with E-state index < -0.39 is 16.6 Å². The van der Waals surface area contributed by atoms with Crippen molar-refractivity contribution in [2.24, 2.45) is 0 Å². The van der Waals surface area contributed by atoms with E-state index in [0.29, 0.717) is 10.7 Å². The van der Waals surface area contributed by atoms with Crippen LogP contribution in [0.3, 0.4) is 0 Å². The summed E-state index contributed by atoms with van der Waals surface area (Å²) in [6.07, 6.45) is -0.00886. The minimum Gasteiger partial charge on any atom is -0.323 e. The quantitative estimate of drug-likeness (QED) is 0.668. The molecule has 0 radical (unpaired) electrons. The summed E-state index contributed by atoms with van der Waals surface area (Å²) in [5.74, 6) is -1.04. The molecule has 1 aromatic heterocycles. The first-order chi connectivity index (χ1) is 10.8. The SMILES string of the molecule is Cc1nn(CCC(=O)Nc2cc(Cl)ccc2F)c(C)c1[N+](=O)[O-]. The summed E-state index contributed by atoms with van der Waals surface area (Å²) in [4.78, 5) is 22.3. The highest BCUT2D eigenvalue weighted by molar-refractivity contribution is 6.30. The van der Waals surface area contributed by atoms with Gasteiger partial charge in [-0.3, -0.25) is 19.6 Å². The number of anilines is 1. The number of hydrogen-bond donors (Lipinski definition) is 1. The van der Waals surface area contributed by atoms with Gasteiger partial charge < -0.3 is 5.32 Å². The summed E-state index contributed by atoms with van der Waals surface area (Å²) in [5, 5.41) is 17.7. The van der Waals surface area contributed by atoms with Crippen LogP contribution in [0.15, 0.2) is 18.2 Å². The monoisotopic (exact) mass is 340 g/mol. The molecule has 0 saturated heterocycles. The number of nitrogens with one attached hydrogen (secondary N) is 1. The van der Waals surface area contributed by atoms with E-state index in [0.717, 1.165) is 6.07 Å². The van der Waals surface area contributed by atoms with Gasteiger partial charge in [-0.25, -0.2) is 4.39 Å². The second-order valence-corrected chi connectivity index (χ2v) is 5.36. The molecule has 9 heteroatoms. The highest BCUT2D eigenvalue weighted by Crippen LogP contribution is 2.22. The van der Waals surface area contributed by atoms with Gasteiger partial charge in [-0.1, -0.05) is 11.6 Å². The lowest BCUT2D eigenvalue weighted by Gasteiger charge is -2.07. The fourth-order valence-corrected chi connectivity index (χ4v) is 2.35. The number of carbonyl (C=O) groups is 1. The Hall–Kier alpha value is -2.48. The molecular weight excluding hydrogens is 327 g/mol. The molecule has 23 heavy (non-hydrogen) atoms. The molecule has 1 heterocycles. The predicted octanol–water partition coefficient (Wildman–Crippen LogP) is 3.23. The van der Waals surface area contributed by atoms with Gasteiger partial charge in [0.25, 0.3) is 0 Å². The molecule has 1 amide bonds. The fraction of sp³-hybridized carbons (Fsp3) is 0.286. The van der Waals surface area contributed by atoms with Crippen molar-refractivity contribution in [1.82, 2.24) is 9.78 Å². The average Bonchev–Trinajstić information content (AvgIpc) is 2.75. The molecular formula is C14H14ClFN4O3. The van der Waals surface area contributed by atoms with Crippen LogP contribution in [0.25, 0.3) is 0 Å². The zero-order valence-electron chi connectivity index (χ0n) is 12.5. The number of halogens is 2. The molecule has 2 aromatic rings. The van der Waals surface area contributed by atoms with Gasteiger partial charge in [0, 0.05) is 11.4 Å². The molecule has 0 saturated carbocycles. The maximum absolute atomic E-state index is 13.5. The third kappa shape index (κ3) is 3.84. The first-order valence-electron chi connectivity index (χ1n) is 6.73. The van der Waals surface area contributed by atoms with Gasteiger partial charge in [0.15, 0.2) is 0 Å². The molecule has 0 aliphatic carbocycles. The molecule has 0 aliphatic heterocycles. The lowest BCUT2D eigenvalue weighted by Crippen LogP contribution is -2.16. The van der Waals surface area contributed by atoms with E-state index >= 15 is 0 Å². The topological polar surface area (TPSA) is 90.1 Å². The Kier molecular flexibility index (Phi) is 4.95. The molecule has 0 aliphatic rings. The number of aryl methyl sites for hydroxylation is 2. The number of nitrogens with zero attached hydrogens (tertiary/aromatic N) is 3. The largest absolute Gasteiger partial charge is 0.323 e. The van der Waals surface area contributed by atoms with Gasteiger partial charge in [-0.2, -0.15) is 5.10 Å². The summed E-state index contributed by atoms with van der Waals surface area (Å²) in [5.41, 5.74) is 0.580. The molecule has 0 unspecified atom stereocenters. The van der Waals surface area contributed by atoms with Crippen LogP contribution in [0.1, 0.15) is 17.8 Å². The predicted molar refractivity (Wildman–Crippen MR) is 83.0 cm³/mol. The minimum atomic E-state index is -0.593. The Morgan fingerprint density at radius 1 is 1.48 bits per heavy atom. The number of benzene rings is 1. The van der Waals surface area contributed by atoms with Crippen LogP contribution in [-0.4, -0.2) is 20.6 Å². The van der Waals surface area contributed by atoms with E-state index in [1.165, 1.54) is 23.7 Å². The molecule has 1 aromatic carbocycles. The molecule has 0 bridgehead atoms. The van der Waals surface area contributed by atoms with Crippen LogP contribution >= 0.6 is 11.6 Å². The Morgan fingerprint density at radius 2 is 2.17 bits per heavy atom. The molecule has 1 N–H and O–H groups in total. The fourth-order valence-electron chi connectivity index (χ4n) is 2.18. The number of aromatic nitrogens is 2. The summed E-state index contributed by atoms with van der Waals surface area (Å²) in [6, 6.07) is 3.84. The van der Waals surface area contributed by atoms with Crippen LogP contribution in [-0.2, 0) is 11.3 Å². The van der Waals surface area contributed by atoms with Crippen molar-refractivity contribution in [2.75, 3.05) is 5.32 Å². The first-order valence-corrected chi connectivity index (χ1v) is 7.10. The summed E-state index contributed by atoms with van der Waals surface area (Å²) < 4.78 is 14.9. The van der Waals surface area contributed by atoms with Crippen molar-refractivity contribution in [3.63, 3.8) is 0 Å². The van der Waals surface area contributed by atoms with Gasteiger partial charge in [0.05, 0.1) is 17.2 Å². The first kappa shape index (κ1) is 16.9. The number of rotatable bonds is 5. The zero-order valence-corrected chi connectivity index (χ0v) is 13.2. The number of carbonyl (C=O) groups excluding carboxylic acids is 1. The normalized spacial score (nSPS) is 10.6. The third-order valence-electron chi connectivity index (χ3n) is 3.28. The smallest absolute Gasteiger partial charge is 0.312 e. The highest BCUT2D eigenvalue weighted by Gasteiger charge is 2.21. The van der Waals surface area contributed by atoms with Crippen molar-refractivity contribution < 1.29 is 14.1 Å². The van der Waals surface area contributed by atoms with E-state index in [1.54, 1.807) is 6.92 Å². The standard InChI is InChI=1S/C14H14ClFN4O3/c1-8-14(20(22)23)9(2)19(18-8)6-5-13(21)17-12-7-10(15)3-4-11(12)16/h3-4,7H,5-6H2,1-2H3,(H,17,21).